The van der Waals surface area contributed by atoms with E-state index in [1.165, 1.54) is 6.92 Å². The maximum Gasteiger partial charge on any atom is 0.422 e. The Balaban J connectivity index is 4.07. The molecule has 0 aliphatic rings. The molecule has 0 bridgehead atoms. The molecule has 0 radical (unpaired) electrons. The van der Waals surface area contributed by atoms with Crippen molar-refractivity contribution in [1.29, 1.82) is 0 Å². The molecule has 82 valence electrons. The molecule has 1 atom stereocenters. The van der Waals surface area contributed by atoms with Crippen molar-refractivity contribution < 1.29 is 19.1 Å². The van der Waals surface area contributed by atoms with Crippen molar-refractivity contribution in [2.75, 3.05) is 0 Å². The summed E-state index contributed by atoms with van der Waals surface area (Å²) in [5, 5.41) is 0. The Labute approximate surface area is 82.7 Å². The molecule has 6 nitrogen and oxygen atoms in total. The Morgan fingerprint density at radius 3 is 2.21 bits per heavy atom. The van der Waals surface area contributed by atoms with E-state index in [9.17, 15) is 9.59 Å². The second kappa shape index (κ2) is 4.80. The summed E-state index contributed by atoms with van der Waals surface area (Å²) in [4.78, 5) is 21.9. The van der Waals surface area contributed by atoms with Crippen LogP contribution >= 0.6 is 0 Å². The van der Waals surface area contributed by atoms with E-state index in [0.717, 1.165) is 0 Å². The lowest BCUT2D eigenvalue weighted by molar-refractivity contribution is -0.164. The molecule has 0 rings (SSSR count). The fourth-order valence-corrected chi connectivity index (χ4v) is 0.627. The minimum Gasteiger partial charge on any atom is -0.457 e. The Morgan fingerprint density at radius 2 is 1.86 bits per heavy atom. The predicted molar refractivity (Wildman–Crippen MR) is 49.1 cm³/mol. The lowest BCUT2D eigenvalue weighted by atomic mass is 10.2. The Morgan fingerprint density at radius 1 is 1.36 bits per heavy atom. The first kappa shape index (κ1) is 12.7. The van der Waals surface area contributed by atoms with Crippen molar-refractivity contribution in [2.45, 2.75) is 39.4 Å². The van der Waals surface area contributed by atoms with Crippen LogP contribution in [-0.2, 0) is 14.3 Å². The largest absolute Gasteiger partial charge is 0.457 e. The van der Waals surface area contributed by atoms with Crippen LogP contribution in [0.1, 0.15) is 27.7 Å². The first-order chi connectivity index (χ1) is 6.26. The number of hydrazine groups is 1. The molecule has 0 aromatic heterocycles. The summed E-state index contributed by atoms with van der Waals surface area (Å²) < 4.78 is 9.52. The van der Waals surface area contributed by atoms with Crippen LogP contribution in [0.25, 0.3) is 0 Å². The maximum atomic E-state index is 11.2. The molecule has 0 spiro atoms. The third kappa shape index (κ3) is 5.36. The highest BCUT2D eigenvalue weighted by Crippen LogP contribution is 2.09. The molecule has 6 heteroatoms. The highest BCUT2D eigenvalue weighted by atomic mass is 16.6. The van der Waals surface area contributed by atoms with Crippen molar-refractivity contribution >= 4 is 12.1 Å². The predicted octanol–water partition coefficient (Wildman–Crippen LogP) is 0.316. The summed E-state index contributed by atoms with van der Waals surface area (Å²) in [6.45, 7) is 6.57. The molecule has 0 saturated heterocycles. The van der Waals surface area contributed by atoms with E-state index < -0.39 is 23.8 Å². The van der Waals surface area contributed by atoms with E-state index >= 15 is 0 Å². The van der Waals surface area contributed by atoms with Gasteiger partial charge in [0.15, 0.2) is 6.10 Å². The first-order valence-electron chi connectivity index (χ1n) is 4.16. The van der Waals surface area contributed by atoms with Crippen molar-refractivity contribution in [3.8, 4) is 0 Å². The van der Waals surface area contributed by atoms with Gasteiger partial charge in [-0.15, -0.1) is 0 Å². The van der Waals surface area contributed by atoms with Gasteiger partial charge in [-0.3, -0.25) is 5.43 Å². The number of hydrogen-bond acceptors (Lipinski definition) is 5. The molecule has 14 heavy (non-hydrogen) atoms. The molecular formula is C8H16N2O4. The Kier molecular flexibility index (Phi) is 4.36. The number of carbonyl (C=O) groups excluding carboxylic acids is 2. The Hall–Kier alpha value is -1.30. The van der Waals surface area contributed by atoms with Crippen molar-refractivity contribution in [3.05, 3.63) is 0 Å². The van der Waals surface area contributed by atoms with Crippen molar-refractivity contribution in [2.24, 2.45) is 5.84 Å². The zero-order valence-electron chi connectivity index (χ0n) is 8.79. The fraction of sp³-hybridized carbons (Fsp3) is 0.750. The summed E-state index contributed by atoms with van der Waals surface area (Å²) >= 11 is 0. The normalized spacial score (nSPS) is 12.9. The lowest BCUT2D eigenvalue weighted by Crippen LogP contribution is -2.38. The second-order valence-electron chi connectivity index (χ2n) is 3.73. The molecule has 0 aliphatic carbocycles. The van der Waals surface area contributed by atoms with Crippen LogP contribution in [0.15, 0.2) is 0 Å². The summed E-state index contributed by atoms with van der Waals surface area (Å²) in [6.07, 6.45) is -1.85. The van der Waals surface area contributed by atoms with Crippen LogP contribution in [0.4, 0.5) is 4.79 Å². The third-order valence-corrected chi connectivity index (χ3v) is 1.14. The number of esters is 1. The third-order valence-electron chi connectivity index (χ3n) is 1.14. The average molecular weight is 204 g/mol. The minimum absolute atomic E-state index is 0.603. The van der Waals surface area contributed by atoms with Gasteiger partial charge >= 0.3 is 12.1 Å². The van der Waals surface area contributed by atoms with Gasteiger partial charge in [-0.2, -0.15) is 0 Å². The molecule has 0 heterocycles. The second-order valence-corrected chi connectivity index (χ2v) is 3.73. The van der Waals surface area contributed by atoms with E-state index in [-0.39, 0.29) is 0 Å². The van der Waals surface area contributed by atoms with E-state index in [0.29, 0.717) is 0 Å². The van der Waals surface area contributed by atoms with E-state index in [2.05, 4.69) is 4.74 Å². The average Bonchev–Trinajstić information content (AvgIpc) is 2.00. The van der Waals surface area contributed by atoms with Gasteiger partial charge in [0.05, 0.1) is 0 Å². The smallest absolute Gasteiger partial charge is 0.422 e. The summed E-state index contributed by atoms with van der Waals surface area (Å²) in [7, 11) is 0. The van der Waals surface area contributed by atoms with Gasteiger partial charge in [0, 0.05) is 0 Å². The molecule has 0 saturated carbocycles. The Bertz CT molecular complexity index is 222. The zero-order chi connectivity index (χ0) is 11.4. The van der Waals surface area contributed by atoms with Crippen LogP contribution in [-0.4, -0.2) is 23.8 Å². The van der Waals surface area contributed by atoms with Gasteiger partial charge < -0.3 is 9.47 Å². The lowest BCUT2D eigenvalue weighted by Gasteiger charge is -2.21. The number of hydrogen-bond donors (Lipinski definition) is 2. The molecule has 3 N–H and O–H groups in total. The van der Waals surface area contributed by atoms with Gasteiger partial charge in [-0.05, 0) is 27.7 Å². The van der Waals surface area contributed by atoms with Gasteiger partial charge in [-0.1, -0.05) is 0 Å². The maximum absolute atomic E-state index is 11.2. The first-order valence-corrected chi connectivity index (χ1v) is 4.16. The van der Waals surface area contributed by atoms with Crippen molar-refractivity contribution in [1.82, 2.24) is 5.43 Å². The molecule has 1 unspecified atom stereocenters. The summed E-state index contributed by atoms with van der Waals surface area (Å²) in [5.74, 6) is 4.16. The summed E-state index contributed by atoms with van der Waals surface area (Å²) in [6, 6.07) is 0. The number of nitrogens with two attached hydrogens (primary N) is 1. The molecule has 1 amide bonds. The van der Waals surface area contributed by atoms with Crippen molar-refractivity contribution in [3.63, 3.8) is 0 Å². The standard InChI is InChI=1S/C8H16N2O4/c1-5(13-7(12)10-9)6(11)14-8(2,3)4/h5H,9H2,1-4H3,(H,10,12). The zero-order valence-corrected chi connectivity index (χ0v) is 8.79. The highest BCUT2D eigenvalue weighted by Gasteiger charge is 2.24. The monoisotopic (exact) mass is 204 g/mol. The van der Waals surface area contributed by atoms with E-state index in [1.54, 1.807) is 26.2 Å². The fourth-order valence-electron chi connectivity index (χ4n) is 0.627. The molecule has 0 aliphatic heterocycles. The van der Waals surface area contributed by atoms with E-state index in [1.807, 2.05) is 0 Å². The highest BCUT2D eigenvalue weighted by molar-refractivity contribution is 5.78. The molecule has 0 aromatic rings. The number of nitrogens with one attached hydrogen (secondary N) is 1. The van der Waals surface area contributed by atoms with Gasteiger partial charge in [0.1, 0.15) is 5.60 Å². The summed E-state index contributed by atoms with van der Waals surface area (Å²) in [5.41, 5.74) is 1.14. The quantitative estimate of drug-likeness (QED) is 0.292. The van der Waals surface area contributed by atoms with Crippen LogP contribution in [0.5, 0.6) is 0 Å². The van der Waals surface area contributed by atoms with E-state index in [4.69, 9.17) is 10.6 Å². The molecular weight excluding hydrogens is 188 g/mol. The van der Waals surface area contributed by atoms with Gasteiger partial charge in [0.2, 0.25) is 0 Å². The van der Waals surface area contributed by atoms with Crippen LogP contribution in [0, 0.1) is 0 Å². The molecule has 0 aromatic carbocycles. The van der Waals surface area contributed by atoms with Gasteiger partial charge in [-0.25, -0.2) is 15.4 Å². The number of carbonyl (C=O) groups is 2. The number of rotatable bonds is 2. The number of amides is 1. The number of ether oxygens (including phenoxy) is 2. The SMILES string of the molecule is CC(OC(=O)NN)C(=O)OC(C)(C)C. The van der Waals surface area contributed by atoms with Gasteiger partial charge in [0.25, 0.3) is 0 Å². The topological polar surface area (TPSA) is 90.6 Å². The van der Waals surface area contributed by atoms with Crippen LogP contribution < -0.4 is 11.3 Å². The molecule has 0 fully saturated rings. The van der Waals surface area contributed by atoms with Crippen LogP contribution in [0.2, 0.25) is 0 Å². The minimum atomic E-state index is -0.974. The van der Waals surface area contributed by atoms with Crippen LogP contribution in [0.3, 0.4) is 0 Å².